The first-order chi connectivity index (χ1) is 11.4. The summed E-state index contributed by atoms with van der Waals surface area (Å²) >= 11 is 0. The topological polar surface area (TPSA) is 84.2 Å². The molecule has 2 saturated carbocycles. The number of nitrogens with one attached hydrogen (secondary N) is 2. The molecule has 2 unspecified atom stereocenters. The first kappa shape index (κ1) is 17.0. The molecule has 0 bridgehead atoms. The van der Waals surface area contributed by atoms with Crippen molar-refractivity contribution in [3.05, 3.63) is 29.3 Å². The predicted molar refractivity (Wildman–Crippen MR) is 94.8 cm³/mol. The minimum atomic E-state index is -0.461. The van der Waals surface area contributed by atoms with E-state index in [2.05, 4.69) is 10.6 Å². The molecule has 0 spiro atoms. The third kappa shape index (κ3) is 3.78. The van der Waals surface area contributed by atoms with Crippen LogP contribution in [0, 0.1) is 12.8 Å². The van der Waals surface area contributed by atoms with E-state index in [9.17, 15) is 9.59 Å². The number of benzene rings is 1. The molecule has 3 rings (SSSR count). The average Bonchev–Trinajstić information content (AvgIpc) is 3.32. The highest BCUT2D eigenvalue weighted by atomic mass is 16.2. The van der Waals surface area contributed by atoms with Crippen molar-refractivity contribution in [2.24, 2.45) is 11.7 Å². The summed E-state index contributed by atoms with van der Waals surface area (Å²) in [6, 6.07) is 5.76. The van der Waals surface area contributed by atoms with Gasteiger partial charge in [0.15, 0.2) is 0 Å². The molecule has 0 saturated heterocycles. The molecule has 2 aliphatic rings. The Bertz CT molecular complexity index is 650. The van der Waals surface area contributed by atoms with Crippen LogP contribution < -0.4 is 16.4 Å². The van der Waals surface area contributed by atoms with Crippen molar-refractivity contribution in [3.63, 3.8) is 0 Å². The molecule has 2 atom stereocenters. The summed E-state index contributed by atoms with van der Waals surface area (Å²) in [7, 11) is 0. The second kappa shape index (κ2) is 6.55. The summed E-state index contributed by atoms with van der Waals surface area (Å²) in [5.41, 5.74) is 8.10. The Morgan fingerprint density at radius 2 is 1.96 bits per heavy atom. The Kier molecular flexibility index (Phi) is 4.63. The molecule has 24 heavy (non-hydrogen) atoms. The molecule has 0 aromatic heterocycles. The fourth-order valence-corrected chi connectivity index (χ4v) is 3.40. The number of anilines is 1. The maximum absolute atomic E-state index is 12.7. The maximum atomic E-state index is 12.7. The molecule has 1 aromatic carbocycles. The molecule has 1 aromatic rings. The van der Waals surface area contributed by atoms with Crippen molar-refractivity contribution in [1.29, 1.82) is 0 Å². The number of aryl methyl sites for hydroxylation is 1. The Morgan fingerprint density at radius 3 is 2.62 bits per heavy atom. The first-order valence-corrected chi connectivity index (χ1v) is 8.88. The molecule has 130 valence electrons. The van der Waals surface area contributed by atoms with Gasteiger partial charge in [-0.2, -0.15) is 0 Å². The molecule has 0 aliphatic heterocycles. The average molecular weight is 329 g/mol. The van der Waals surface area contributed by atoms with E-state index in [1.54, 1.807) is 12.1 Å². The van der Waals surface area contributed by atoms with Gasteiger partial charge in [-0.1, -0.05) is 18.9 Å². The van der Waals surface area contributed by atoms with Gasteiger partial charge in [0, 0.05) is 22.8 Å². The van der Waals surface area contributed by atoms with Gasteiger partial charge >= 0.3 is 0 Å². The van der Waals surface area contributed by atoms with Crippen molar-refractivity contribution < 1.29 is 9.59 Å². The highest BCUT2D eigenvalue weighted by molar-refractivity contribution is 5.98. The number of carbonyl (C=O) groups excluding carboxylic acids is 2. The lowest BCUT2D eigenvalue weighted by Gasteiger charge is -2.37. The van der Waals surface area contributed by atoms with Crippen LogP contribution in [0.4, 0.5) is 5.69 Å². The van der Waals surface area contributed by atoms with E-state index in [1.807, 2.05) is 19.9 Å². The van der Waals surface area contributed by atoms with Crippen LogP contribution in [0.15, 0.2) is 18.2 Å². The molecule has 0 radical (unpaired) electrons. The zero-order chi connectivity index (χ0) is 17.3. The van der Waals surface area contributed by atoms with Gasteiger partial charge in [-0.05, 0) is 57.2 Å². The first-order valence-electron chi connectivity index (χ1n) is 8.88. The van der Waals surface area contributed by atoms with E-state index in [1.165, 1.54) is 0 Å². The van der Waals surface area contributed by atoms with Gasteiger partial charge in [-0.25, -0.2) is 0 Å². The van der Waals surface area contributed by atoms with E-state index in [0.717, 1.165) is 44.1 Å². The summed E-state index contributed by atoms with van der Waals surface area (Å²) in [5, 5.41) is 5.98. The van der Waals surface area contributed by atoms with E-state index in [-0.39, 0.29) is 17.7 Å². The van der Waals surface area contributed by atoms with Crippen LogP contribution in [0.2, 0.25) is 0 Å². The number of rotatable bonds is 4. The van der Waals surface area contributed by atoms with Crippen LogP contribution in [0.5, 0.6) is 0 Å². The molecule has 0 heterocycles. The van der Waals surface area contributed by atoms with Gasteiger partial charge in [0.1, 0.15) is 0 Å². The van der Waals surface area contributed by atoms with E-state index in [0.29, 0.717) is 17.3 Å². The summed E-state index contributed by atoms with van der Waals surface area (Å²) in [6.07, 6.45) is 5.91. The third-order valence-electron chi connectivity index (χ3n) is 5.24. The molecule has 4 N–H and O–H groups in total. The second-order valence-electron chi connectivity index (χ2n) is 7.57. The monoisotopic (exact) mass is 329 g/mol. The number of nitrogens with two attached hydrogens (primary N) is 1. The smallest absolute Gasteiger partial charge is 0.251 e. The van der Waals surface area contributed by atoms with Gasteiger partial charge in [-0.15, -0.1) is 0 Å². The lowest BCUT2D eigenvalue weighted by molar-refractivity contribution is -0.122. The Morgan fingerprint density at radius 1 is 1.21 bits per heavy atom. The van der Waals surface area contributed by atoms with Gasteiger partial charge in [0.2, 0.25) is 5.91 Å². The second-order valence-corrected chi connectivity index (χ2v) is 7.57. The summed E-state index contributed by atoms with van der Waals surface area (Å²) in [5.74, 6) is -0.300. The lowest BCUT2D eigenvalue weighted by atomic mass is 9.74. The van der Waals surface area contributed by atoms with Crippen molar-refractivity contribution in [2.75, 3.05) is 5.32 Å². The van der Waals surface area contributed by atoms with Gasteiger partial charge in [-0.3, -0.25) is 9.59 Å². The van der Waals surface area contributed by atoms with Crippen molar-refractivity contribution >= 4 is 17.5 Å². The SMILES string of the molecule is Cc1ccc(C(=O)NC2CC2)cc1NC(=O)C1CCCCC1(C)N. The molecule has 2 fully saturated rings. The Balaban J connectivity index is 1.73. The van der Waals surface area contributed by atoms with Gasteiger partial charge < -0.3 is 16.4 Å². The molecule has 2 aliphatic carbocycles. The molecular formula is C19H27N3O2. The van der Waals surface area contributed by atoms with E-state index >= 15 is 0 Å². The number of hydrogen-bond donors (Lipinski definition) is 3. The molecule has 2 amide bonds. The van der Waals surface area contributed by atoms with Crippen LogP contribution in [0.25, 0.3) is 0 Å². The van der Waals surface area contributed by atoms with Crippen LogP contribution in [-0.2, 0) is 4.79 Å². The van der Waals surface area contributed by atoms with Gasteiger partial charge in [0.25, 0.3) is 5.91 Å². The quantitative estimate of drug-likeness (QED) is 0.794. The minimum absolute atomic E-state index is 0.0393. The summed E-state index contributed by atoms with van der Waals surface area (Å²) in [6.45, 7) is 3.89. The van der Waals surface area contributed by atoms with Gasteiger partial charge in [0.05, 0.1) is 5.92 Å². The van der Waals surface area contributed by atoms with Crippen LogP contribution >= 0.6 is 0 Å². The maximum Gasteiger partial charge on any atom is 0.251 e. The zero-order valence-electron chi connectivity index (χ0n) is 14.5. The molecule has 5 heteroatoms. The Hall–Kier alpha value is -1.88. The summed E-state index contributed by atoms with van der Waals surface area (Å²) in [4.78, 5) is 24.9. The fourth-order valence-electron chi connectivity index (χ4n) is 3.40. The van der Waals surface area contributed by atoms with Crippen LogP contribution in [-0.4, -0.2) is 23.4 Å². The van der Waals surface area contributed by atoms with Crippen LogP contribution in [0.3, 0.4) is 0 Å². The van der Waals surface area contributed by atoms with E-state index < -0.39 is 5.54 Å². The molecule has 5 nitrogen and oxygen atoms in total. The van der Waals surface area contributed by atoms with Crippen molar-refractivity contribution in [2.45, 2.75) is 64.0 Å². The van der Waals surface area contributed by atoms with E-state index in [4.69, 9.17) is 5.73 Å². The third-order valence-corrected chi connectivity index (χ3v) is 5.24. The largest absolute Gasteiger partial charge is 0.349 e. The zero-order valence-corrected chi connectivity index (χ0v) is 14.5. The highest BCUT2D eigenvalue weighted by Crippen LogP contribution is 2.33. The fraction of sp³-hybridized carbons (Fsp3) is 0.579. The normalized spacial score (nSPS) is 26.7. The lowest BCUT2D eigenvalue weighted by Crippen LogP contribution is -2.51. The minimum Gasteiger partial charge on any atom is -0.349 e. The molecular weight excluding hydrogens is 302 g/mol. The highest BCUT2D eigenvalue weighted by Gasteiger charge is 2.37. The number of hydrogen-bond acceptors (Lipinski definition) is 3. The van der Waals surface area contributed by atoms with Crippen molar-refractivity contribution in [1.82, 2.24) is 5.32 Å². The van der Waals surface area contributed by atoms with Crippen LogP contribution in [0.1, 0.15) is 61.4 Å². The standard InChI is InChI=1S/C19H27N3O2/c1-12-6-7-13(17(23)21-14-8-9-14)11-16(12)22-18(24)15-5-3-4-10-19(15,2)20/h6-7,11,14-15H,3-5,8-10,20H2,1-2H3,(H,21,23)(H,22,24). The Labute approximate surface area is 143 Å². The number of amides is 2. The number of carbonyl (C=O) groups is 2. The predicted octanol–water partition coefficient (Wildman–Crippen LogP) is 2.73. The summed E-state index contributed by atoms with van der Waals surface area (Å²) < 4.78 is 0. The van der Waals surface area contributed by atoms with Crippen molar-refractivity contribution in [3.8, 4) is 0 Å².